The number of benzene rings is 4. The van der Waals surface area contributed by atoms with Crippen molar-refractivity contribution in [3.63, 3.8) is 0 Å². The van der Waals surface area contributed by atoms with Gasteiger partial charge in [-0.25, -0.2) is 5.01 Å². The molecular formula is C30H26N2O2. The van der Waals surface area contributed by atoms with Crippen LogP contribution in [0.3, 0.4) is 0 Å². The van der Waals surface area contributed by atoms with Crippen LogP contribution in [0.15, 0.2) is 108 Å². The van der Waals surface area contributed by atoms with Gasteiger partial charge in [0.15, 0.2) is 0 Å². The molecule has 168 valence electrons. The fourth-order valence-electron chi connectivity index (χ4n) is 4.64. The number of nitrogens with zero attached hydrogens (tertiary/aromatic N) is 2. The van der Waals surface area contributed by atoms with E-state index in [1.807, 2.05) is 36.4 Å². The highest BCUT2D eigenvalue weighted by molar-refractivity contribution is 6.02. The molecule has 0 radical (unpaired) electrons. The van der Waals surface area contributed by atoms with Crippen molar-refractivity contribution in [1.82, 2.24) is 5.01 Å². The van der Waals surface area contributed by atoms with Gasteiger partial charge in [0.05, 0.1) is 11.8 Å². The van der Waals surface area contributed by atoms with Crippen molar-refractivity contribution in [1.29, 1.82) is 0 Å². The summed E-state index contributed by atoms with van der Waals surface area (Å²) in [6.45, 7) is 2.66. The lowest BCUT2D eigenvalue weighted by Gasteiger charge is -2.38. The Labute approximate surface area is 200 Å². The first-order chi connectivity index (χ1) is 16.7. The minimum atomic E-state index is -0.286. The summed E-state index contributed by atoms with van der Waals surface area (Å²) in [6, 6.07) is 35.5. The van der Waals surface area contributed by atoms with Crippen molar-refractivity contribution in [2.75, 3.05) is 0 Å². The monoisotopic (exact) mass is 446 g/mol. The molecule has 2 atom stereocenters. The minimum Gasteiger partial charge on any atom is -0.489 e. The molecule has 6 rings (SSSR count). The Hall–Kier alpha value is -4.05. The van der Waals surface area contributed by atoms with E-state index in [1.165, 1.54) is 16.7 Å². The summed E-state index contributed by atoms with van der Waals surface area (Å²) in [5.41, 5.74) is 6.91. The molecule has 34 heavy (non-hydrogen) atoms. The first-order valence-corrected chi connectivity index (χ1v) is 11.7. The van der Waals surface area contributed by atoms with Gasteiger partial charge in [0.25, 0.3) is 0 Å². The number of ether oxygens (including phenoxy) is 2. The Bertz CT molecular complexity index is 1310. The highest BCUT2D eigenvalue weighted by Gasteiger charge is 2.40. The van der Waals surface area contributed by atoms with Crippen LogP contribution in [0.1, 0.15) is 46.5 Å². The Kier molecular flexibility index (Phi) is 5.27. The first kappa shape index (κ1) is 20.5. The molecule has 0 aliphatic carbocycles. The molecule has 0 bridgehead atoms. The van der Waals surface area contributed by atoms with Gasteiger partial charge in [-0.2, -0.15) is 5.10 Å². The van der Waals surface area contributed by atoms with Crippen LogP contribution in [-0.4, -0.2) is 10.7 Å². The second kappa shape index (κ2) is 8.71. The topological polar surface area (TPSA) is 34.1 Å². The van der Waals surface area contributed by atoms with Gasteiger partial charge < -0.3 is 9.47 Å². The molecule has 2 heterocycles. The number of hydrogen-bond donors (Lipinski definition) is 0. The lowest BCUT2D eigenvalue weighted by Crippen LogP contribution is -2.33. The molecule has 2 aliphatic heterocycles. The zero-order valence-electron chi connectivity index (χ0n) is 19.1. The molecule has 0 N–H and O–H groups in total. The summed E-state index contributed by atoms with van der Waals surface area (Å²) >= 11 is 0. The number of rotatable bonds is 5. The largest absolute Gasteiger partial charge is 0.489 e. The lowest BCUT2D eigenvalue weighted by molar-refractivity contribution is -0.0190. The predicted octanol–water partition coefficient (Wildman–Crippen LogP) is 6.82. The van der Waals surface area contributed by atoms with Crippen molar-refractivity contribution in [3.05, 3.63) is 131 Å². The fourth-order valence-corrected chi connectivity index (χ4v) is 4.64. The van der Waals surface area contributed by atoms with Crippen LogP contribution in [0.5, 0.6) is 11.5 Å². The molecular weight excluding hydrogens is 420 g/mol. The van der Waals surface area contributed by atoms with Crippen LogP contribution in [0.2, 0.25) is 0 Å². The van der Waals surface area contributed by atoms with E-state index in [9.17, 15) is 0 Å². The second-order valence-electron chi connectivity index (χ2n) is 8.86. The SMILES string of the molecule is Cc1ccc(C2=NN3C(C2)c2ccccc2OC3c2ccc(OCc3ccccc3)cc2)cc1. The average molecular weight is 447 g/mol. The van der Waals surface area contributed by atoms with Gasteiger partial charge >= 0.3 is 0 Å². The van der Waals surface area contributed by atoms with Gasteiger partial charge in [0.1, 0.15) is 18.1 Å². The van der Waals surface area contributed by atoms with Gasteiger partial charge in [-0.3, -0.25) is 0 Å². The number of fused-ring (bicyclic) bond motifs is 3. The van der Waals surface area contributed by atoms with Crippen molar-refractivity contribution in [2.45, 2.75) is 32.2 Å². The predicted molar refractivity (Wildman–Crippen MR) is 134 cm³/mol. The number of hydrazone groups is 1. The summed E-state index contributed by atoms with van der Waals surface area (Å²) in [7, 11) is 0. The van der Waals surface area contributed by atoms with Crippen molar-refractivity contribution < 1.29 is 9.47 Å². The van der Waals surface area contributed by atoms with Crippen LogP contribution < -0.4 is 9.47 Å². The smallest absolute Gasteiger partial charge is 0.213 e. The zero-order chi connectivity index (χ0) is 22.9. The third kappa shape index (κ3) is 3.92. The molecule has 4 heteroatoms. The van der Waals surface area contributed by atoms with Gasteiger partial charge in [0, 0.05) is 17.5 Å². The Morgan fingerprint density at radius 2 is 1.59 bits per heavy atom. The summed E-state index contributed by atoms with van der Waals surface area (Å²) < 4.78 is 12.5. The van der Waals surface area contributed by atoms with Crippen LogP contribution in [-0.2, 0) is 6.61 Å². The lowest BCUT2D eigenvalue weighted by atomic mass is 9.95. The van der Waals surface area contributed by atoms with Crippen molar-refractivity contribution >= 4 is 5.71 Å². The van der Waals surface area contributed by atoms with E-state index in [0.29, 0.717) is 6.61 Å². The highest BCUT2D eigenvalue weighted by Crippen LogP contribution is 2.47. The summed E-state index contributed by atoms with van der Waals surface area (Å²) in [6.07, 6.45) is 0.573. The van der Waals surface area contributed by atoms with E-state index in [2.05, 4.69) is 78.7 Å². The van der Waals surface area contributed by atoms with Crippen molar-refractivity contribution in [3.8, 4) is 11.5 Å². The van der Waals surface area contributed by atoms with E-state index in [-0.39, 0.29) is 12.3 Å². The molecule has 4 nitrogen and oxygen atoms in total. The van der Waals surface area contributed by atoms with E-state index < -0.39 is 0 Å². The van der Waals surface area contributed by atoms with E-state index in [4.69, 9.17) is 14.6 Å². The Morgan fingerprint density at radius 1 is 0.853 bits per heavy atom. The van der Waals surface area contributed by atoms with E-state index in [0.717, 1.165) is 34.8 Å². The number of aryl methyl sites for hydroxylation is 1. The summed E-state index contributed by atoms with van der Waals surface area (Å²) in [5, 5.41) is 7.18. The van der Waals surface area contributed by atoms with Crippen LogP contribution in [0.25, 0.3) is 0 Å². The second-order valence-corrected chi connectivity index (χ2v) is 8.86. The molecule has 0 fully saturated rings. The van der Waals surface area contributed by atoms with E-state index in [1.54, 1.807) is 0 Å². The third-order valence-electron chi connectivity index (χ3n) is 6.50. The molecule has 4 aromatic rings. The molecule has 0 saturated heterocycles. The Morgan fingerprint density at radius 3 is 2.38 bits per heavy atom. The molecule has 2 unspecified atom stereocenters. The quantitative estimate of drug-likeness (QED) is 0.337. The molecule has 2 aliphatic rings. The molecule has 0 saturated carbocycles. The fraction of sp³-hybridized carbons (Fsp3) is 0.167. The number of hydrogen-bond acceptors (Lipinski definition) is 4. The van der Waals surface area contributed by atoms with Crippen LogP contribution in [0.4, 0.5) is 0 Å². The normalized spacial score (nSPS) is 18.5. The average Bonchev–Trinajstić information content (AvgIpc) is 3.34. The highest BCUT2D eigenvalue weighted by atomic mass is 16.5. The molecule has 4 aromatic carbocycles. The standard InChI is InChI=1S/C30H26N2O2/c1-21-11-13-23(14-12-21)27-19-28-26-9-5-6-10-29(26)34-30(32(28)31-27)24-15-17-25(18-16-24)33-20-22-7-3-2-4-8-22/h2-18,28,30H,19-20H2,1H3. The molecule has 0 spiro atoms. The number of para-hydroxylation sites is 1. The Balaban J connectivity index is 1.28. The first-order valence-electron chi connectivity index (χ1n) is 11.7. The molecule has 0 amide bonds. The van der Waals surface area contributed by atoms with E-state index >= 15 is 0 Å². The zero-order valence-corrected chi connectivity index (χ0v) is 19.1. The van der Waals surface area contributed by atoms with Crippen LogP contribution >= 0.6 is 0 Å². The third-order valence-corrected chi connectivity index (χ3v) is 6.50. The van der Waals surface area contributed by atoms with Crippen LogP contribution in [0, 0.1) is 6.92 Å². The summed E-state index contributed by atoms with van der Waals surface area (Å²) in [5.74, 6) is 1.77. The minimum absolute atomic E-state index is 0.153. The maximum Gasteiger partial charge on any atom is 0.213 e. The molecule has 0 aromatic heterocycles. The summed E-state index contributed by atoms with van der Waals surface area (Å²) in [4.78, 5) is 0. The van der Waals surface area contributed by atoms with Gasteiger partial charge in [-0.1, -0.05) is 78.4 Å². The van der Waals surface area contributed by atoms with Gasteiger partial charge in [0.2, 0.25) is 6.23 Å². The maximum absolute atomic E-state index is 6.48. The van der Waals surface area contributed by atoms with Gasteiger partial charge in [-0.15, -0.1) is 0 Å². The maximum atomic E-state index is 6.48. The van der Waals surface area contributed by atoms with Gasteiger partial charge in [-0.05, 0) is 48.4 Å². The van der Waals surface area contributed by atoms with Crippen molar-refractivity contribution in [2.24, 2.45) is 5.10 Å².